The van der Waals surface area contributed by atoms with Gasteiger partial charge in [0, 0.05) is 30.0 Å². The third-order valence-corrected chi connectivity index (χ3v) is 4.16. The number of nitrogens with zero attached hydrogens (tertiary/aromatic N) is 1. The Labute approximate surface area is 137 Å². The van der Waals surface area contributed by atoms with Gasteiger partial charge in [0.1, 0.15) is 5.82 Å². The molecule has 1 amide bonds. The number of carbonyl (C=O) groups is 1. The van der Waals surface area contributed by atoms with Crippen molar-refractivity contribution in [3.05, 3.63) is 70.3 Å². The van der Waals surface area contributed by atoms with E-state index in [4.69, 9.17) is 0 Å². The maximum Gasteiger partial charge on any atom is 0.221 e. The van der Waals surface area contributed by atoms with Crippen molar-refractivity contribution in [1.82, 2.24) is 4.98 Å². The van der Waals surface area contributed by atoms with Crippen molar-refractivity contribution in [2.75, 3.05) is 5.32 Å². The predicted molar refractivity (Wildman–Crippen MR) is 91.1 cm³/mol. The molecule has 0 unspecified atom stereocenters. The molecule has 0 saturated heterocycles. The minimum Gasteiger partial charge on any atom is -0.326 e. The van der Waals surface area contributed by atoms with Crippen LogP contribution >= 0.6 is 11.3 Å². The van der Waals surface area contributed by atoms with Gasteiger partial charge in [0.15, 0.2) is 0 Å². The highest BCUT2D eigenvalue weighted by atomic mass is 32.1. The minimum atomic E-state index is -0.396. The first kappa shape index (κ1) is 15.4. The van der Waals surface area contributed by atoms with Crippen molar-refractivity contribution in [3.63, 3.8) is 0 Å². The topological polar surface area (TPSA) is 42.0 Å². The number of carbonyl (C=O) groups excluding carboxylic acids is 1. The number of anilines is 1. The average Bonchev–Trinajstić information content (AvgIpc) is 2.96. The third kappa shape index (κ3) is 3.81. The van der Waals surface area contributed by atoms with Gasteiger partial charge in [0.05, 0.1) is 10.7 Å². The van der Waals surface area contributed by atoms with E-state index in [2.05, 4.69) is 10.3 Å². The molecule has 116 valence electrons. The van der Waals surface area contributed by atoms with Gasteiger partial charge < -0.3 is 5.32 Å². The maximum absolute atomic E-state index is 14.2. The van der Waals surface area contributed by atoms with Gasteiger partial charge in [-0.25, -0.2) is 9.37 Å². The van der Waals surface area contributed by atoms with E-state index in [1.165, 1.54) is 29.9 Å². The van der Waals surface area contributed by atoms with E-state index in [0.29, 0.717) is 16.9 Å². The summed E-state index contributed by atoms with van der Waals surface area (Å²) in [7, 11) is 0. The molecule has 0 aliphatic rings. The molecule has 2 aromatic carbocycles. The van der Waals surface area contributed by atoms with Gasteiger partial charge in [-0.05, 0) is 23.8 Å². The molecule has 3 nitrogen and oxygen atoms in total. The molecule has 1 N–H and O–H groups in total. The molecular weight excluding hydrogens is 311 g/mol. The Morgan fingerprint density at radius 1 is 1.22 bits per heavy atom. The number of amides is 1. The summed E-state index contributed by atoms with van der Waals surface area (Å²) in [4.78, 5) is 15.5. The van der Waals surface area contributed by atoms with Crippen LogP contribution in [0.3, 0.4) is 0 Å². The fourth-order valence-corrected chi connectivity index (χ4v) is 3.12. The van der Waals surface area contributed by atoms with Crippen LogP contribution in [-0.4, -0.2) is 10.9 Å². The standard InChI is InChI=1S/C18H15FN2OS/c1-12(22)20-14-7-8-15(16(19)10-14)17-11-23-18(21-17)9-13-5-3-2-4-6-13/h2-8,10-11H,9H2,1H3,(H,20,22). The molecule has 3 rings (SSSR count). The second-order valence-corrected chi connectivity index (χ2v) is 6.11. The molecule has 0 saturated carbocycles. The zero-order valence-electron chi connectivity index (χ0n) is 12.5. The quantitative estimate of drug-likeness (QED) is 0.767. The van der Waals surface area contributed by atoms with Crippen molar-refractivity contribution < 1.29 is 9.18 Å². The summed E-state index contributed by atoms with van der Waals surface area (Å²) < 4.78 is 14.2. The Kier molecular flexibility index (Phi) is 4.48. The highest BCUT2D eigenvalue weighted by molar-refractivity contribution is 7.10. The highest BCUT2D eigenvalue weighted by Crippen LogP contribution is 2.27. The number of halogens is 1. The smallest absolute Gasteiger partial charge is 0.221 e. The summed E-state index contributed by atoms with van der Waals surface area (Å²) in [6.07, 6.45) is 0.733. The summed E-state index contributed by atoms with van der Waals surface area (Å²) >= 11 is 1.52. The fourth-order valence-electron chi connectivity index (χ4n) is 2.29. The van der Waals surface area contributed by atoms with Crippen molar-refractivity contribution in [3.8, 4) is 11.3 Å². The van der Waals surface area contributed by atoms with Crippen LogP contribution in [0, 0.1) is 5.82 Å². The van der Waals surface area contributed by atoms with Crippen LogP contribution in [0.5, 0.6) is 0 Å². The molecule has 0 spiro atoms. The average molecular weight is 326 g/mol. The van der Waals surface area contributed by atoms with Gasteiger partial charge in [-0.1, -0.05) is 30.3 Å². The van der Waals surface area contributed by atoms with Crippen molar-refractivity contribution in [2.45, 2.75) is 13.3 Å². The lowest BCUT2D eigenvalue weighted by Gasteiger charge is -2.04. The molecule has 1 heterocycles. The molecule has 0 radical (unpaired) electrons. The molecule has 5 heteroatoms. The number of nitrogens with one attached hydrogen (secondary N) is 1. The Bertz CT molecular complexity index is 830. The Hall–Kier alpha value is -2.53. The van der Waals surface area contributed by atoms with Crippen LogP contribution in [0.2, 0.25) is 0 Å². The van der Waals surface area contributed by atoms with Gasteiger partial charge in [-0.3, -0.25) is 4.79 Å². The molecule has 3 aromatic rings. The molecule has 1 aromatic heterocycles. The molecular formula is C18H15FN2OS. The first-order valence-corrected chi connectivity index (χ1v) is 8.05. The van der Waals surface area contributed by atoms with Gasteiger partial charge in [0.2, 0.25) is 5.91 Å². The zero-order valence-corrected chi connectivity index (χ0v) is 13.4. The number of benzene rings is 2. The SMILES string of the molecule is CC(=O)Nc1ccc(-c2csc(Cc3ccccc3)n2)c(F)c1. The van der Waals surface area contributed by atoms with Crippen LogP contribution in [0.4, 0.5) is 10.1 Å². The number of aromatic nitrogens is 1. The third-order valence-electron chi connectivity index (χ3n) is 3.32. The van der Waals surface area contributed by atoms with Crippen LogP contribution in [-0.2, 0) is 11.2 Å². The molecule has 0 aliphatic carbocycles. The van der Waals surface area contributed by atoms with Crippen LogP contribution in [0.15, 0.2) is 53.9 Å². The van der Waals surface area contributed by atoms with E-state index in [1.54, 1.807) is 12.1 Å². The predicted octanol–water partition coefficient (Wildman–Crippen LogP) is 4.50. The minimum absolute atomic E-state index is 0.226. The van der Waals surface area contributed by atoms with E-state index in [0.717, 1.165) is 11.4 Å². The number of hydrogen-bond acceptors (Lipinski definition) is 3. The van der Waals surface area contributed by atoms with E-state index in [9.17, 15) is 9.18 Å². The lowest BCUT2D eigenvalue weighted by atomic mass is 10.1. The van der Waals surface area contributed by atoms with Crippen LogP contribution in [0.1, 0.15) is 17.5 Å². The van der Waals surface area contributed by atoms with Crippen LogP contribution < -0.4 is 5.32 Å². The summed E-state index contributed by atoms with van der Waals surface area (Å²) in [6, 6.07) is 14.7. The van der Waals surface area contributed by atoms with E-state index in [-0.39, 0.29) is 5.91 Å². The second kappa shape index (κ2) is 6.71. The van der Waals surface area contributed by atoms with Crippen molar-refractivity contribution in [1.29, 1.82) is 0 Å². The van der Waals surface area contributed by atoms with Gasteiger partial charge >= 0.3 is 0 Å². The van der Waals surface area contributed by atoms with E-state index in [1.807, 2.05) is 35.7 Å². The normalized spacial score (nSPS) is 10.5. The number of thiazole rings is 1. The second-order valence-electron chi connectivity index (χ2n) is 5.16. The first-order chi connectivity index (χ1) is 11.1. The summed E-state index contributed by atoms with van der Waals surface area (Å²) in [6.45, 7) is 1.39. The Morgan fingerprint density at radius 3 is 2.70 bits per heavy atom. The van der Waals surface area contributed by atoms with Crippen molar-refractivity contribution in [2.24, 2.45) is 0 Å². The molecule has 23 heavy (non-hydrogen) atoms. The monoisotopic (exact) mass is 326 g/mol. The maximum atomic E-state index is 14.2. The fraction of sp³-hybridized carbons (Fsp3) is 0.111. The van der Waals surface area contributed by atoms with Gasteiger partial charge in [-0.2, -0.15) is 0 Å². The van der Waals surface area contributed by atoms with Gasteiger partial charge in [0.25, 0.3) is 0 Å². The Balaban J connectivity index is 1.81. The molecule has 0 bridgehead atoms. The molecule has 0 aliphatic heterocycles. The molecule has 0 atom stereocenters. The highest BCUT2D eigenvalue weighted by Gasteiger charge is 2.11. The zero-order chi connectivity index (χ0) is 16.2. The van der Waals surface area contributed by atoms with Gasteiger partial charge in [-0.15, -0.1) is 11.3 Å². The Morgan fingerprint density at radius 2 is 2.00 bits per heavy atom. The first-order valence-electron chi connectivity index (χ1n) is 7.17. The van der Waals surface area contributed by atoms with E-state index < -0.39 is 5.82 Å². The van der Waals surface area contributed by atoms with Crippen molar-refractivity contribution >= 4 is 22.9 Å². The number of hydrogen-bond donors (Lipinski definition) is 1. The van der Waals surface area contributed by atoms with E-state index >= 15 is 0 Å². The number of rotatable bonds is 4. The summed E-state index contributed by atoms with van der Waals surface area (Å²) in [5, 5.41) is 5.36. The summed E-state index contributed by atoms with van der Waals surface area (Å²) in [5.74, 6) is -0.622. The summed E-state index contributed by atoms with van der Waals surface area (Å²) in [5.41, 5.74) is 2.68. The molecule has 0 fully saturated rings. The van der Waals surface area contributed by atoms with Crippen LogP contribution in [0.25, 0.3) is 11.3 Å². The lowest BCUT2D eigenvalue weighted by Crippen LogP contribution is -2.05. The lowest BCUT2D eigenvalue weighted by molar-refractivity contribution is -0.114. The largest absolute Gasteiger partial charge is 0.326 e.